The van der Waals surface area contributed by atoms with Gasteiger partial charge in [-0.1, -0.05) is 83.5 Å². The number of carbonyl (C=O) groups is 1. The van der Waals surface area contributed by atoms with Gasteiger partial charge in [0.25, 0.3) is 5.91 Å². The van der Waals surface area contributed by atoms with Crippen LogP contribution in [-0.4, -0.2) is 12.0 Å². The molecule has 1 amide bonds. The average molecular weight is 424 g/mol. The Morgan fingerprint density at radius 1 is 0.889 bits per heavy atom. The Balaban J connectivity index is 1.82. The van der Waals surface area contributed by atoms with Crippen LogP contribution in [-0.2, 0) is 4.79 Å². The van der Waals surface area contributed by atoms with Crippen molar-refractivity contribution in [2.75, 3.05) is 0 Å². The topological polar surface area (TPSA) is 38.3 Å². The van der Waals surface area contributed by atoms with Crippen LogP contribution in [0.3, 0.4) is 0 Å². The lowest BCUT2D eigenvalue weighted by molar-refractivity contribution is -0.128. The Morgan fingerprint density at radius 2 is 1.44 bits per heavy atom. The van der Waals surface area contributed by atoms with Crippen molar-refractivity contribution in [3.05, 3.63) is 101 Å². The fourth-order valence-electron chi connectivity index (χ4n) is 2.88. The molecule has 0 saturated heterocycles. The smallest absolute Gasteiger partial charge is 0.261 e. The number of hydrogen-bond acceptors (Lipinski definition) is 2. The van der Waals surface area contributed by atoms with Crippen LogP contribution >= 0.6 is 15.9 Å². The molecule has 0 aliphatic heterocycles. The number of rotatable bonds is 7. The number of hydrogen-bond donors (Lipinski definition) is 1. The standard InChI is InChI=1S/C23H22BrNO2/c1-2-21(27-20-11-7-4-8-12-20)23(26)25-22(17-9-5-3-6-10-17)18-13-15-19(24)16-14-18/h3-16,21-22H,2H2,1H3,(H,25,26)/t21-,22+/m1/s1. The molecule has 0 aliphatic carbocycles. The lowest BCUT2D eigenvalue weighted by Crippen LogP contribution is -2.40. The van der Waals surface area contributed by atoms with Gasteiger partial charge >= 0.3 is 0 Å². The van der Waals surface area contributed by atoms with Gasteiger partial charge in [0.15, 0.2) is 6.10 Å². The van der Waals surface area contributed by atoms with E-state index in [1.54, 1.807) is 0 Å². The van der Waals surface area contributed by atoms with Crippen LogP contribution in [0, 0.1) is 0 Å². The van der Waals surface area contributed by atoms with Gasteiger partial charge in [-0.25, -0.2) is 0 Å². The van der Waals surface area contributed by atoms with Crippen molar-refractivity contribution in [1.82, 2.24) is 5.32 Å². The van der Waals surface area contributed by atoms with Gasteiger partial charge in [-0.15, -0.1) is 0 Å². The summed E-state index contributed by atoms with van der Waals surface area (Å²) >= 11 is 3.47. The van der Waals surface area contributed by atoms with E-state index in [0.29, 0.717) is 12.2 Å². The van der Waals surface area contributed by atoms with E-state index in [1.165, 1.54) is 0 Å². The first-order valence-corrected chi connectivity index (χ1v) is 9.79. The molecule has 27 heavy (non-hydrogen) atoms. The summed E-state index contributed by atoms with van der Waals surface area (Å²) < 4.78 is 6.90. The van der Waals surface area contributed by atoms with Gasteiger partial charge in [0.05, 0.1) is 6.04 Å². The maximum absolute atomic E-state index is 13.0. The first kappa shape index (κ1) is 19.2. The molecule has 3 aromatic carbocycles. The molecule has 3 nitrogen and oxygen atoms in total. The van der Waals surface area contributed by atoms with Crippen molar-refractivity contribution in [3.8, 4) is 5.75 Å². The van der Waals surface area contributed by atoms with Crippen molar-refractivity contribution in [3.63, 3.8) is 0 Å². The Morgan fingerprint density at radius 3 is 2.04 bits per heavy atom. The summed E-state index contributed by atoms with van der Waals surface area (Å²) in [6.07, 6.45) is 0.0387. The van der Waals surface area contributed by atoms with Crippen LogP contribution in [0.2, 0.25) is 0 Å². The van der Waals surface area contributed by atoms with Gasteiger partial charge in [0, 0.05) is 4.47 Å². The highest BCUT2D eigenvalue weighted by molar-refractivity contribution is 9.10. The molecule has 0 heterocycles. The van der Waals surface area contributed by atoms with E-state index in [4.69, 9.17) is 4.74 Å². The molecule has 0 spiro atoms. The SMILES string of the molecule is CC[C@@H](Oc1ccccc1)C(=O)N[C@@H](c1ccccc1)c1ccc(Br)cc1. The first-order valence-electron chi connectivity index (χ1n) is 9.00. The average Bonchev–Trinajstić information content (AvgIpc) is 2.72. The Bertz CT molecular complexity index is 851. The lowest BCUT2D eigenvalue weighted by Gasteiger charge is -2.24. The monoisotopic (exact) mass is 423 g/mol. The lowest BCUT2D eigenvalue weighted by atomic mass is 9.98. The van der Waals surface area contributed by atoms with E-state index in [0.717, 1.165) is 15.6 Å². The molecule has 0 saturated carbocycles. The highest BCUT2D eigenvalue weighted by Crippen LogP contribution is 2.24. The predicted molar refractivity (Wildman–Crippen MR) is 112 cm³/mol. The zero-order valence-electron chi connectivity index (χ0n) is 15.1. The number of carbonyl (C=O) groups excluding carboxylic acids is 1. The van der Waals surface area contributed by atoms with Crippen molar-refractivity contribution in [1.29, 1.82) is 0 Å². The Labute approximate surface area is 168 Å². The third-order valence-electron chi connectivity index (χ3n) is 4.31. The number of amides is 1. The fraction of sp³-hybridized carbons (Fsp3) is 0.174. The van der Waals surface area contributed by atoms with Crippen LogP contribution in [0.1, 0.15) is 30.5 Å². The number of ether oxygens (including phenoxy) is 1. The number of halogens is 1. The van der Waals surface area contributed by atoms with E-state index < -0.39 is 6.10 Å². The van der Waals surface area contributed by atoms with Gasteiger partial charge in [-0.05, 0) is 41.8 Å². The largest absolute Gasteiger partial charge is 0.481 e. The van der Waals surface area contributed by atoms with Gasteiger partial charge in [-0.3, -0.25) is 4.79 Å². The summed E-state index contributed by atoms with van der Waals surface area (Å²) in [6, 6.07) is 27.2. The summed E-state index contributed by atoms with van der Waals surface area (Å²) in [5.74, 6) is 0.567. The summed E-state index contributed by atoms with van der Waals surface area (Å²) in [5, 5.41) is 3.16. The van der Waals surface area contributed by atoms with E-state index >= 15 is 0 Å². The maximum Gasteiger partial charge on any atom is 0.261 e. The molecule has 0 bridgehead atoms. The molecular formula is C23H22BrNO2. The minimum Gasteiger partial charge on any atom is -0.481 e. The second-order valence-corrected chi connectivity index (χ2v) is 7.15. The molecule has 3 aromatic rings. The second-order valence-electron chi connectivity index (χ2n) is 6.23. The molecule has 4 heteroatoms. The highest BCUT2D eigenvalue weighted by atomic mass is 79.9. The van der Waals surface area contributed by atoms with Crippen molar-refractivity contribution >= 4 is 21.8 Å². The number of benzene rings is 3. The minimum absolute atomic E-state index is 0.127. The molecule has 0 fully saturated rings. The first-order chi connectivity index (χ1) is 13.2. The normalized spacial score (nSPS) is 12.8. The Kier molecular flexibility index (Phi) is 6.66. The molecule has 1 N–H and O–H groups in total. The minimum atomic E-state index is -0.547. The second kappa shape index (κ2) is 9.38. The zero-order valence-corrected chi connectivity index (χ0v) is 16.7. The van der Waals surface area contributed by atoms with Crippen molar-refractivity contribution in [2.45, 2.75) is 25.5 Å². The molecule has 138 valence electrons. The summed E-state index contributed by atoms with van der Waals surface area (Å²) in [5.41, 5.74) is 2.05. The molecular weight excluding hydrogens is 402 g/mol. The predicted octanol–water partition coefficient (Wildman–Crippen LogP) is 5.51. The third-order valence-corrected chi connectivity index (χ3v) is 4.84. The van der Waals surface area contributed by atoms with Crippen molar-refractivity contribution < 1.29 is 9.53 Å². The van der Waals surface area contributed by atoms with Crippen LogP contribution < -0.4 is 10.1 Å². The molecule has 2 atom stereocenters. The van der Waals surface area contributed by atoms with Gasteiger partial charge < -0.3 is 10.1 Å². The van der Waals surface area contributed by atoms with Gasteiger partial charge in [0.2, 0.25) is 0 Å². The zero-order chi connectivity index (χ0) is 19.1. The molecule has 0 radical (unpaired) electrons. The molecule has 0 unspecified atom stereocenters. The van der Waals surface area contributed by atoms with Crippen molar-refractivity contribution in [2.24, 2.45) is 0 Å². The van der Waals surface area contributed by atoms with Crippen LogP contribution in [0.4, 0.5) is 0 Å². The number of nitrogens with one attached hydrogen (secondary N) is 1. The quantitative estimate of drug-likeness (QED) is 0.543. The van der Waals surface area contributed by atoms with Crippen LogP contribution in [0.25, 0.3) is 0 Å². The van der Waals surface area contributed by atoms with E-state index in [1.807, 2.05) is 91.9 Å². The highest BCUT2D eigenvalue weighted by Gasteiger charge is 2.23. The van der Waals surface area contributed by atoms with Gasteiger partial charge in [-0.2, -0.15) is 0 Å². The van der Waals surface area contributed by atoms with E-state index in [-0.39, 0.29) is 11.9 Å². The Hall–Kier alpha value is -2.59. The molecule has 3 rings (SSSR count). The van der Waals surface area contributed by atoms with Crippen LogP contribution in [0.5, 0.6) is 5.75 Å². The summed E-state index contributed by atoms with van der Waals surface area (Å²) in [6.45, 7) is 1.95. The number of para-hydroxylation sites is 1. The van der Waals surface area contributed by atoms with E-state index in [9.17, 15) is 4.79 Å². The van der Waals surface area contributed by atoms with E-state index in [2.05, 4.69) is 21.2 Å². The van der Waals surface area contributed by atoms with Gasteiger partial charge in [0.1, 0.15) is 5.75 Å². The van der Waals surface area contributed by atoms with Crippen LogP contribution in [0.15, 0.2) is 89.4 Å². The fourth-order valence-corrected chi connectivity index (χ4v) is 3.14. The summed E-state index contributed by atoms with van der Waals surface area (Å²) in [4.78, 5) is 13.0. The molecule has 0 aromatic heterocycles. The third kappa shape index (κ3) is 5.20. The summed E-state index contributed by atoms with van der Waals surface area (Å²) in [7, 11) is 0. The molecule has 0 aliphatic rings. The maximum atomic E-state index is 13.0.